The molecule has 0 spiro atoms. The van der Waals surface area contributed by atoms with Crippen molar-refractivity contribution < 1.29 is 4.52 Å². The van der Waals surface area contributed by atoms with Crippen molar-refractivity contribution in [1.82, 2.24) is 10.1 Å². The minimum Gasteiger partial charge on any atom is -0.361 e. The summed E-state index contributed by atoms with van der Waals surface area (Å²) in [5.74, 6) is 0.819. The van der Waals surface area contributed by atoms with Crippen LogP contribution in [0.2, 0.25) is 0 Å². The number of nitrogens with two attached hydrogens (primary N) is 1. The van der Waals surface area contributed by atoms with Crippen molar-refractivity contribution in [3.8, 4) is 11.3 Å². The first kappa shape index (κ1) is 11.9. The Kier molecular flexibility index (Phi) is 3.01. The van der Waals surface area contributed by atoms with E-state index in [9.17, 15) is 0 Å². The molecule has 0 unspecified atom stereocenters. The fraction of sp³-hybridized carbons (Fsp3) is 0.200. The Morgan fingerprint density at radius 2 is 2.05 bits per heavy atom. The molecule has 19 heavy (non-hydrogen) atoms. The van der Waals surface area contributed by atoms with Gasteiger partial charge in [0.2, 0.25) is 0 Å². The molecule has 4 nitrogen and oxygen atoms in total. The molecule has 2 N–H and O–H groups in total. The van der Waals surface area contributed by atoms with Crippen LogP contribution in [0.25, 0.3) is 22.2 Å². The van der Waals surface area contributed by atoms with Gasteiger partial charge in [-0.25, -0.2) is 0 Å². The van der Waals surface area contributed by atoms with E-state index in [1.165, 1.54) is 0 Å². The SMILES string of the molecule is Cc1ccc2cc(-c3cc(CCN)on3)ccc2n1. The molecule has 0 amide bonds. The molecule has 2 heterocycles. The van der Waals surface area contributed by atoms with Crippen LogP contribution in [0.5, 0.6) is 0 Å². The number of aromatic nitrogens is 2. The summed E-state index contributed by atoms with van der Waals surface area (Å²) in [6, 6.07) is 12.1. The summed E-state index contributed by atoms with van der Waals surface area (Å²) >= 11 is 0. The van der Waals surface area contributed by atoms with Crippen molar-refractivity contribution in [3.05, 3.63) is 47.9 Å². The molecular formula is C15H15N3O. The number of pyridine rings is 1. The van der Waals surface area contributed by atoms with Crippen LogP contribution in [-0.4, -0.2) is 16.7 Å². The number of fused-ring (bicyclic) bond motifs is 1. The maximum Gasteiger partial charge on any atom is 0.138 e. The monoisotopic (exact) mass is 253 g/mol. The molecule has 0 aliphatic heterocycles. The first-order chi connectivity index (χ1) is 9.26. The molecule has 1 aromatic carbocycles. The summed E-state index contributed by atoms with van der Waals surface area (Å²) in [6.07, 6.45) is 0.710. The number of rotatable bonds is 3. The minimum absolute atomic E-state index is 0.565. The van der Waals surface area contributed by atoms with Gasteiger partial charge in [0.05, 0.1) is 5.52 Å². The predicted molar refractivity (Wildman–Crippen MR) is 74.7 cm³/mol. The Morgan fingerprint density at radius 3 is 2.89 bits per heavy atom. The topological polar surface area (TPSA) is 64.9 Å². The first-order valence-electron chi connectivity index (χ1n) is 6.30. The second-order valence-electron chi connectivity index (χ2n) is 4.58. The van der Waals surface area contributed by atoms with E-state index in [0.717, 1.165) is 33.6 Å². The molecule has 0 aliphatic rings. The molecule has 0 fully saturated rings. The first-order valence-corrected chi connectivity index (χ1v) is 6.30. The summed E-state index contributed by atoms with van der Waals surface area (Å²) in [4.78, 5) is 4.48. The molecule has 0 saturated carbocycles. The van der Waals surface area contributed by atoms with E-state index in [-0.39, 0.29) is 0 Å². The van der Waals surface area contributed by atoms with Gasteiger partial charge in [-0.15, -0.1) is 0 Å². The highest BCUT2D eigenvalue weighted by molar-refractivity contribution is 5.83. The highest BCUT2D eigenvalue weighted by Crippen LogP contribution is 2.23. The third-order valence-electron chi connectivity index (χ3n) is 3.07. The van der Waals surface area contributed by atoms with Gasteiger partial charge in [0.25, 0.3) is 0 Å². The van der Waals surface area contributed by atoms with E-state index in [1.807, 2.05) is 31.2 Å². The molecule has 3 aromatic rings. The zero-order chi connectivity index (χ0) is 13.2. The van der Waals surface area contributed by atoms with E-state index in [4.69, 9.17) is 10.3 Å². The highest BCUT2D eigenvalue weighted by Gasteiger charge is 2.07. The van der Waals surface area contributed by atoms with E-state index >= 15 is 0 Å². The molecule has 2 aromatic heterocycles. The Labute approximate surface area is 111 Å². The van der Waals surface area contributed by atoms with Crippen LogP contribution >= 0.6 is 0 Å². The Hall–Kier alpha value is -2.20. The fourth-order valence-corrected chi connectivity index (χ4v) is 2.10. The molecule has 0 atom stereocenters. The largest absolute Gasteiger partial charge is 0.361 e. The van der Waals surface area contributed by atoms with Crippen molar-refractivity contribution >= 4 is 10.9 Å². The second-order valence-corrected chi connectivity index (χ2v) is 4.58. The maximum atomic E-state index is 5.50. The summed E-state index contributed by atoms with van der Waals surface area (Å²) in [5.41, 5.74) is 9.39. The number of benzene rings is 1. The van der Waals surface area contributed by atoms with Crippen LogP contribution in [0, 0.1) is 6.92 Å². The van der Waals surface area contributed by atoms with Gasteiger partial charge in [-0.05, 0) is 31.7 Å². The zero-order valence-electron chi connectivity index (χ0n) is 10.8. The minimum atomic E-state index is 0.565. The van der Waals surface area contributed by atoms with E-state index in [0.29, 0.717) is 13.0 Å². The van der Waals surface area contributed by atoms with Gasteiger partial charge in [-0.3, -0.25) is 4.98 Å². The molecule has 96 valence electrons. The van der Waals surface area contributed by atoms with Crippen molar-refractivity contribution in [2.24, 2.45) is 5.73 Å². The molecule has 0 radical (unpaired) electrons. The van der Waals surface area contributed by atoms with Crippen molar-refractivity contribution in [2.75, 3.05) is 6.54 Å². The summed E-state index contributed by atoms with van der Waals surface area (Å²) < 4.78 is 5.25. The quantitative estimate of drug-likeness (QED) is 0.779. The van der Waals surface area contributed by atoms with Gasteiger partial charge in [-0.1, -0.05) is 17.3 Å². The van der Waals surface area contributed by atoms with Crippen molar-refractivity contribution in [2.45, 2.75) is 13.3 Å². The van der Waals surface area contributed by atoms with Crippen molar-refractivity contribution in [1.29, 1.82) is 0 Å². The van der Waals surface area contributed by atoms with E-state index < -0.39 is 0 Å². The van der Waals surface area contributed by atoms with Gasteiger partial charge < -0.3 is 10.3 Å². The van der Waals surface area contributed by atoms with E-state index in [2.05, 4.69) is 22.3 Å². The lowest BCUT2D eigenvalue weighted by Crippen LogP contribution is -2.01. The molecule has 0 bridgehead atoms. The molecule has 3 rings (SSSR count). The predicted octanol–water partition coefficient (Wildman–Crippen LogP) is 2.70. The van der Waals surface area contributed by atoms with Crippen LogP contribution in [0.15, 0.2) is 40.9 Å². The van der Waals surface area contributed by atoms with Gasteiger partial charge in [-0.2, -0.15) is 0 Å². The third-order valence-corrected chi connectivity index (χ3v) is 3.07. The summed E-state index contributed by atoms with van der Waals surface area (Å²) in [5, 5.41) is 5.18. The Morgan fingerprint density at radius 1 is 1.16 bits per heavy atom. The lowest BCUT2D eigenvalue weighted by atomic mass is 10.1. The summed E-state index contributed by atoms with van der Waals surface area (Å²) in [6.45, 7) is 2.56. The lowest BCUT2D eigenvalue weighted by molar-refractivity contribution is 0.386. The van der Waals surface area contributed by atoms with Crippen LogP contribution in [0.3, 0.4) is 0 Å². The third kappa shape index (κ3) is 2.35. The molecule has 4 heteroatoms. The lowest BCUT2D eigenvalue weighted by Gasteiger charge is -2.01. The Balaban J connectivity index is 2.02. The van der Waals surface area contributed by atoms with Crippen molar-refractivity contribution in [3.63, 3.8) is 0 Å². The van der Waals surface area contributed by atoms with E-state index in [1.54, 1.807) is 0 Å². The zero-order valence-corrected chi connectivity index (χ0v) is 10.8. The average molecular weight is 253 g/mol. The number of hydrogen-bond donors (Lipinski definition) is 1. The van der Waals surface area contributed by atoms with Gasteiger partial charge in [0, 0.05) is 29.1 Å². The number of aryl methyl sites for hydroxylation is 1. The van der Waals surface area contributed by atoms with Gasteiger partial charge in [0.15, 0.2) is 0 Å². The normalized spacial score (nSPS) is 11.1. The van der Waals surface area contributed by atoms with Crippen LogP contribution < -0.4 is 5.73 Å². The molecule has 0 saturated heterocycles. The Bertz CT molecular complexity index is 718. The van der Waals surface area contributed by atoms with Crippen LogP contribution in [-0.2, 0) is 6.42 Å². The number of nitrogens with zero attached hydrogens (tertiary/aromatic N) is 2. The van der Waals surface area contributed by atoms with Crippen LogP contribution in [0.1, 0.15) is 11.5 Å². The average Bonchev–Trinajstić information content (AvgIpc) is 2.87. The number of hydrogen-bond acceptors (Lipinski definition) is 4. The second kappa shape index (κ2) is 4.82. The maximum absolute atomic E-state index is 5.50. The smallest absolute Gasteiger partial charge is 0.138 e. The molecule has 0 aliphatic carbocycles. The fourth-order valence-electron chi connectivity index (χ4n) is 2.10. The summed E-state index contributed by atoms with van der Waals surface area (Å²) in [7, 11) is 0. The van der Waals surface area contributed by atoms with Crippen LogP contribution in [0.4, 0.5) is 0 Å². The van der Waals surface area contributed by atoms with Gasteiger partial charge in [0.1, 0.15) is 11.5 Å². The molecular weight excluding hydrogens is 238 g/mol. The van der Waals surface area contributed by atoms with Gasteiger partial charge >= 0.3 is 0 Å². The highest BCUT2D eigenvalue weighted by atomic mass is 16.5. The standard InChI is InChI=1S/C15H15N3O/c1-10-2-3-11-8-12(4-5-14(11)17-10)15-9-13(6-7-16)19-18-15/h2-5,8-9H,6-7,16H2,1H3.